The van der Waals surface area contributed by atoms with Crippen LogP contribution in [0.2, 0.25) is 0 Å². The summed E-state index contributed by atoms with van der Waals surface area (Å²) in [6.07, 6.45) is 1.41. The number of benzene rings is 1. The Morgan fingerprint density at radius 3 is 2.87 bits per heavy atom. The third-order valence-corrected chi connectivity index (χ3v) is 1.93. The van der Waals surface area contributed by atoms with Gasteiger partial charge in [-0.05, 0) is 6.07 Å². The van der Waals surface area contributed by atoms with Crippen molar-refractivity contribution in [1.82, 2.24) is 14.8 Å². The normalized spacial score (nSPS) is 9.87. The Hall–Kier alpha value is -2.22. The van der Waals surface area contributed by atoms with Crippen molar-refractivity contribution >= 4 is 0 Å². The molecule has 1 heterocycles. The van der Waals surface area contributed by atoms with Crippen molar-refractivity contribution < 1.29 is 4.39 Å². The molecule has 0 saturated heterocycles. The smallest absolute Gasteiger partial charge is 0.247 e. The van der Waals surface area contributed by atoms with E-state index in [1.54, 1.807) is 18.2 Å². The first-order valence-electron chi connectivity index (χ1n) is 4.32. The highest BCUT2D eigenvalue weighted by atomic mass is 19.1. The maximum atomic E-state index is 13.2. The van der Waals surface area contributed by atoms with Gasteiger partial charge in [0, 0.05) is 5.56 Å². The van der Waals surface area contributed by atoms with Gasteiger partial charge in [0.2, 0.25) is 0 Å². The minimum atomic E-state index is -0.286. The Morgan fingerprint density at radius 1 is 1.40 bits per heavy atom. The van der Waals surface area contributed by atoms with Crippen molar-refractivity contribution in [2.45, 2.75) is 6.54 Å². The van der Waals surface area contributed by atoms with E-state index in [9.17, 15) is 4.39 Å². The molecular weight excluding hydrogens is 195 g/mol. The molecule has 1 aromatic heterocycles. The fourth-order valence-corrected chi connectivity index (χ4v) is 1.22. The monoisotopic (exact) mass is 202 g/mol. The van der Waals surface area contributed by atoms with Crippen molar-refractivity contribution in [3.05, 3.63) is 47.8 Å². The molecule has 0 bridgehead atoms. The van der Waals surface area contributed by atoms with Crippen molar-refractivity contribution in [2.24, 2.45) is 0 Å². The van der Waals surface area contributed by atoms with Gasteiger partial charge in [0.1, 0.15) is 18.2 Å². The zero-order chi connectivity index (χ0) is 10.7. The zero-order valence-electron chi connectivity index (χ0n) is 7.76. The molecule has 2 aromatic rings. The fourth-order valence-electron chi connectivity index (χ4n) is 1.22. The molecule has 0 amide bonds. The summed E-state index contributed by atoms with van der Waals surface area (Å²) in [5.41, 5.74) is 0.520. The molecule has 0 unspecified atom stereocenters. The van der Waals surface area contributed by atoms with Gasteiger partial charge in [0.15, 0.2) is 0 Å². The number of rotatable bonds is 2. The van der Waals surface area contributed by atoms with E-state index in [1.165, 1.54) is 17.1 Å². The quantitative estimate of drug-likeness (QED) is 0.738. The highest BCUT2D eigenvalue weighted by Gasteiger charge is 2.03. The van der Waals surface area contributed by atoms with E-state index < -0.39 is 0 Å². The minimum Gasteiger partial charge on any atom is -0.247 e. The number of nitrogens with zero attached hydrogens (tertiary/aromatic N) is 4. The Kier molecular flexibility index (Phi) is 2.42. The summed E-state index contributed by atoms with van der Waals surface area (Å²) < 4.78 is 14.7. The van der Waals surface area contributed by atoms with Gasteiger partial charge in [-0.25, -0.2) is 14.1 Å². The Labute approximate surface area is 85.6 Å². The van der Waals surface area contributed by atoms with Gasteiger partial charge < -0.3 is 0 Å². The van der Waals surface area contributed by atoms with Gasteiger partial charge in [-0.1, -0.05) is 18.2 Å². The van der Waals surface area contributed by atoms with Crippen LogP contribution in [0, 0.1) is 17.1 Å². The number of nitriles is 1. The van der Waals surface area contributed by atoms with Gasteiger partial charge in [-0.3, -0.25) is 0 Å². The molecular formula is C10H7FN4. The van der Waals surface area contributed by atoms with E-state index in [2.05, 4.69) is 10.1 Å². The van der Waals surface area contributed by atoms with Gasteiger partial charge in [-0.15, -0.1) is 5.10 Å². The molecule has 0 atom stereocenters. The summed E-state index contributed by atoms with van der Waals surface area (Å²) >= 11 is 0. The molecule has 0 spiro atoms. The number of aromatic nitrogens is 3. The van der Waals surface area contributed by atoms with Crippen molar-refractivity contribution in [1.29, 1.82) is 5.26 Å². The number of halogens is 1. The molecule has 0 aliphatic carbocycles. The minimum absolute atomic E-state index is 0.0892. The van der Waals surface area contributed by atoms with E-state index in [4.69, 9.17) is 5.26 Å². The summed E-state index contributed by atoms with van der Waals surface area (Å²) in [5.74, 6) is -0.196. The Morgan fingerprint density at radius 2 is 2.20 bits per heavy atom. The summed E-state index contributed by atoms with van der Waals surface area (Å²) in [6.45, 7) is 0.279. The fraction of sp³-hybridized carbons (Fsp3) is 0.100. The molecule has 15 heavy (non-hydrogen) atoms. The van der Waals surface area contributed by atoms with E-state index >= 15 is 0 Å². The average Bonchev–Trinajstić information content (AvgIpc) is 2.69. The maximum Gasteiger partial charge on any atom is 0.252 e. The first kappa shape index (κ1) is 9.34. The van der Waals surface area contributed by atoms with Crippen LogP contribution in [0.15, 0.2) is 30.6 Å². The van der Waals surface area contributed by atoms with Crippen LogP contribution in [-0.4, -0.2) is 14.8 Å². The first-order chi connectivity index (χ1) is 7.29. The van der Waals surface area contributed by atoms with Gasteiger partial charge in [0.05, 0.1) is 6.54 Å². The average molecular weight is 202 g/mol. The second-order valence-corrected chi connectivity index (χ2v) is 2.97. The molecule has 74 valence electrons. The number of hydrogen-bond donors (Lipinski definition) is 0. The van der Waals surface area contributed by atoms with Crippen LogP contribution in [0.5, 0.6) is 0 Å². The third-order valence-electron chi connectivity index (χ3n) is 1.93. The molecule has 0 radical (unpaired) electrons. The summed E-state index contributed by atoms with van der Waals surface area (Å²) in [6, 6.07) is 8.24. The molecule has 0 N–H and O–H groups in total. The second kappa shape index (κ2) is 3.88. The number of hydrogen-bond acceptors (Lipinski definition) is 3. The molecule has 0 aliphatic heterocycles. The molecule has 5 heteroatoms. The molecule has 4 nitrogen and oxygen atoms in total. The zero-order valence-corrected chi connectivity index (χ0v) is 7.76. The predicted molar refractivity (Wildman–Crippen MR) is 50.2 cm³/mol. The summed E-state index contributed by atoms with van der Waals surface area (Å²) in [7, 11) is 0. The van der Waals surface area contributed by atoms with Crippen LogP contribution >= 0.6 is 0 Å². The summed E-state index contributed by atoms with van der Waals surface area (Å²) in [4.78, 5) is 3.73. The van der Waals surface area contributed by atoms with Crippen LogP contribution in [0.25, 0.3) is 0 Å². The highest BCUT2D eigenvalue weighted by molar-refractivity contribution is 5.17. The van der Waals surface area contributed by atoms with Crippen molar-refractivity contribution in [3.63, 3.8) is 0 Å². The van der Waals surface area contributed by atoms with E-state index in [-0.39, 0.29) is 18.2 Å². The predicted octanol–water partition coefficient (Wildman–Crippen LogP) is 1.34. The van der Waals surface area contributed by atoms with E-state index in [0.717, 1.165) is 0 Å². The van der Waals surface area contributed by atoms with Gasteiger partial charge in [0.25, 0.3) is 5.82 Å². The van der Waals surface area contributed by atoms with Crippen LogP contribution in [0.1, 0.15) is 11.4 Å². The van der Waals surface area contributed by atoms with Crippen molar-refractivity contribution in [3.8, 4) is 6.07 Å². The van der Waals surface area contributed by atoms with E-state index in [0.29, 0.717) is 5.56 Å². The Balaban J connectivity index is 2.23. The maximum absolute atomic E-state index is 13.2. The van der Waals surface area contributed by atoms with Crippen LogP contribution in [0.4, 0.5) is 4.39 Å². The Bertz CT molecular complexity index is 512. The summed E-state index contributed by atoms with van der Waals surface area (Å²) in [5, 5.41) is 12.4. The van der Waals surface area contributed by atoms with E-state index in [1.807, 2.05) is 6.07 Å². The van der Waals surface area contributed by atoms with Gasteiger partial charge in [-0.2, -0.15) is 5.26 Å². The lowest BCUT2D eigenvalue weighted by Gasteiger charge is -2.01. The van der Waals surface area contributed by atoms with Crippen molar-refractivity contribution in [2.75, 3.05) is 0 Å². The standard InChI is InChI=1S/C10H7FN4/c11-9-4-2-1-3-8(9)6-15-7-13-10(5-12)14-15/h1-4,7H,6H2. The highest BCUT2D eigenvalue weighted by Crippen LogP contribution is 2.07. The molecule has 1 aromatic carbocycles. The van der Waals surface area contributed by atoms with Crippen LogP contribution < -0.4 is 0 Å². The molecule has 0 saturated carbocycles. The van der Waals surface area contributed by atoms with Crippen LogP contribution in [0.3, 0.4) is 0 Å². The second-order valence-electron chi connectivity index (χ2n) is 2.97. The lowest BCUT2D eigenvalue weighted by molar-refractivity contribution is 0.584. The topological polar surface area (TPSA) is 54.5 Å². The third kappa shape index (κ3) is 1.99. The lowest BCUT2D eigenvalue weighted by Crippen LogP contribution is -2.02. The molecule has 0 fully saturated rings. The largest absolute Gasteiger partial charge is 0.252 e. The van der Waals surface area contributed by atoms with Crippen LogP contribution in [-0.2, 0) is 6.54 Å². The molecule has 0 aliphatic rings. The molecule has 2 rings (SSSR count). The van der Waals surface area contributed by atoms with Gasteiger partial charge >= 0.3 is 0 Å². The first-order valence-corrected chi connectivity index (χ1v) is 4.32. The lowest BCUT2D eigenvalue weighted by atomic mass is 10.2. The SMILES string of the molecule is N#Cc1ncn(Cc2ccccc2F)n1.